The third kappa shape index (κ3) is 1.46. The number of hydrogen-bond acceptors (Lipinski definition) is 3. The Morgan fingerprint density at radius 2 is 2.21 bits per heavy atom. The van der Waals surface area contributed by atoms with Crippen LogP contribution in [0.2, 0.25) is 0 Å². The summed E-state index contributed by atoms with van der Waals surface area (Å²) in [5.74, 6) is 0.503. The van der Waals surface area contributed by atoms with E-state index < -0.39 is 5.82 Å². The molecule has 0 bridgehead atoms. The number of anilines is 1. The predicted molar refractivity (Wildman–Crippen MR) is 51.0 cm³/mol. The van der Waals surface area contributed by atoms with Crippen LogP contribution in [0.25, 0.3) is 11.5 Å². The highest BCUT2D eigenvalue weighted by atomic mass is 19.1. The summed E-state index contributed by atoms with van der Waals surface area (Å²) in [7, 11) is 0. The lowest BCUT2D eigenvalue weighted by Crippen LogP contribution is -1.89. The fourth-order valence-corrected chi connectivity index (χ4v) is 1.18. The van der Waals surface area contributed by atoms with E-state index in [1.54, 1.807) is 25.3 Å². The summed E-state index contributed by atoms with van der Waals surface area (Å²) in [6.45, 7) is 1.76. The van der Waals surface area contributed by atoms with E-state index in [1.807, 2.05) is 0 Å². The molecule has 0 amide bonds. The maximum Gasteiger partial charge on any atom is 0.229 e. The molecule has 72 valence electrons. The Bertz CT molecular complexity index is 465. The van der Waals surface area contributed by atoms with Gasteiger partial charge < -0.3 is 10.2 Å². The van der Waals surface area contributed by atoms with Gasteiger partial charge in [0.1, 0.15) is 11.6 Å². The van der Waals surface area contributed by atoms with Crippen LogP contribution in [-0.4, -0.2) is 4.98 Å². The Balaban J connectivity index is 2.52. The number of rotatable bonds is 1. The Hall–Kier alpha value is -1.84. The number of aryl methyl sites for hydroxylation is 1. The van der Waals surface area contributed by atoms with Gasteiger partial charge in [0.05, 0.1) is 11.8 Å². The highest BCUT2D eigenvalue weighted by molar-refractivity contribution is 5.58. The molecule has 14 heavy (non-hydrogen) atoms. The van der Waals surface area contributed by atoms with Crippen LogP contribution in [-0.2, 0) is 0 Å². The van der Waals surface area contributed by atoms with E-state index >= 15 is 0 Å². The third-order valence-electron chi connectivity index (χ3n) is 1.84. The van der Waals surface area contributed by atoms with Crippen molar-refractivity contribution in [1.29, 1.82) is 0 Å². The lowest BCUT2D eigenvalue weighted by molar-refractivity contribution is 0.535. The van der Waals surface area contributed by atoms with Gasteiger partial charge in [-0.25, -0.2) is 9.37 Å². The zero-order valence-corrected chi connectivity index (χ0v) is 7.62. The molecule has 3 nitrogen and oxygen atoms in total. The average Bonchev–Trinajstić information content (AvgIpc) is 2.51. The normalized spacial score (nSPS) is 10.4. The maximum atomic E-state index is 13.4. The molecule has 1 aromatic heterocycles. The monoisotopic (exact) mass is 192 g/mol. The lowest BCUT2D eigenvalue weighted by atomic mass is 10.2. The first kappa shape index (κ1) is 8.74. The van der Waals surface area contributed by atoms with E-state index in [0.717, 1.165) is 0 Å². The second-order valence-electron chi connectivity index (χ2n) is 3.02. The molecule has 0 fully saturated rings. The van der Waals surface area contributed by atoms with Gasteiger partial charge in [-0.1, -0.05) is 0 Å². The molecule has 1 aromatic carbocycles. The van der Waals surface area contributed by atoms with Crippen molar-refractivity contribution in [1.82, 2.24) is 4.98 Å². The molecule has 0 radical (unpaired) electrons. The van der Waals surface area contributed by atoms with Crippen LogP contribution in [0.3, 0.4) is 0 Å². The first-order chi connectivity index (χ1) is 6.66. The van der Waals surface area contributed by atoms with E-state index in [9.17, 15) is 4.39 Å². The van der Waals surface area contributed by atoms with Gasteiger partial charge in [0.25, 0.3) is 0 Å². The van der Waals surface area contributed by atoms with Crippen LogP contribution in [0, 0.1) is 12.7 Å². The summed E-state index contributed by atoms with van der Waals surface area (Å²) >= 11 is 0. The van der Waals surface area contributed by atoms with Gasteiger partial charge in [0, 0.05) is 5.69 Å². The second-order valence-corrected chi connectivity index (χ2v) is 3.02. The molecule has 0 atom stereocenters. The van der Waals surface area contributed by atoms with Crippen molar-refractivity contribution in [2.45, 2.75) is 6.92 Å². The molecule has 0 spiro atoms. The molecule has 2 N–H and O–H groups in total. The summed E-state index contributed by atoms with van der Waals surface area (Å²) < 4.78 is 18.6. The van der Waals surface area contributed by atoms with Crippen LogP contribution in [0.15, 0.2) is 28.8 Å². The van der Waals surface area contributed by atoms with Crippen molar-refractivity contribution < 1.29 is 8.81 Å². The Kier molecular flexibility index (Phi) is 1.96. The molecule has 0 saturated heterocycles. The Labute approximate surface area is 80.4 Å². The Morgan fingerprint density at radius 3 is 2.79 bits per heavy atom. The topological polar surface area (TPSA) is 52.0 Å². The van der Waals surface area contributed by atoms with Crippen LogP contribution < -0.4 is 5.73 Å². The summed E-state index contributed by atoms with van der Waals surface area (Å²) in [6.07, 6.45) is 1.55. The highest BCUT2D eigenvalue weighted by Gasteiger charge is 2.09. The number of aromatic nitrogens is 1. The molecule has 4 heteroatoms. The van der Waals surface area contributed by atoms with E-state index in [4.69, 9.17) is 10.2 Å². The smallest absolute Gasteiger partial charge is 0.229 e. The van der Waals surface area contributed by atoms with Crippen molar-refractivity contribution >= 4 is 5.69 Å². The molecule has 2 aromatic rings. The lowest BCUT2D eigenvalue weighted by Gasteiger charge is -1.98. The van der Waals surface area contributed by atoms with E-state index in [0.29, 0.717) is 17.0 Å². The number of halogens is 1. The summed E-state index contributed by atoms with van der Waals surface area (Å²) in [6, 6.07) is 4.41. The zero-order chi connectivity index (χ0) is 10.1. The van der Waals surface area contributed by atoms with E-state index in [1.165, 1.54) is 6.07 Å². The highest BCUT2D eigenvalue weighted by Crippen LogP contribution is 2.23. The van der Waals surface area contributed by atoms with Gasteiger partial charge in [-0.3, -0.25) is 0 Å². The molecule has 0 unspecified atom stereocenters. The molecular weight excluding hydrogens is 183 g/mol. The fraction of sp³-hybridized carbons (Fsp3) is 0.100. The van der Waals surface area contributed by atoms with Crippen molar-refractivity contribution in [3.63, 3.8) is 0 Å². The molecule has 0 saturated carbocycles. The Morgan fingerprint density at radius 1 is 1.43 bits per heavy atom. The van der Waals surface area contributed by atoms with Gasteiger partial charge in [-0.2, -0.15) is 0 Å². The first-order valence-electron chi connectivity index (χ1n) is 4.14. The number of benzene rings is 1. The van der Waals surface area contributed by atoms with Gasteiger partial charge in [0.15, 0.2) is 0 Å². The van der Waals surface area contributed by atoms with Gasteiger partial charge in [-0.15, -0.1) is 0 Å². The van der Waals surface area contributed by atoms with Gasteiger partial charge in [0.2, 0.25) is 5.89 Å². The first-order valence-corrected chi connectivity index (χ1v) is 4.14. The van der Waals surface area contributed by atoms with Crippen molar-refractivity contribution in [3.05, 3.63) is 36.0 Å². The van der Waals surface area contributed by atoms with Crippen LogP contribution in [0.4, 0.5) is 10.1 Å². The number of nitrogen functional groups attached to an aromatic ring is 1. The minimum atomic E-state index is -0.424. The van der Waals surface area contributed by atoms with Crippen LogP contribution in [0.5, 0.6) is 0 Å². The number of oxazole rings is 1. The number of hydrogen-bond donors (Lipinski definition) is 1. The molecular formula is C10H9FN2O. The zero-order valence-electron chi connectivity index (χ0n) is 7.62. The van der Waals surface area contributed by atoms with Crippen LogP contribution in [0.1, 0.15) is 5.76 Å². The number of nitrogens with zero attached hydrogens (tertiary/aromatic N) is 1. The largest absolute Gasteiger partial charge is 0.441 e. The van der Waals surface area contributed by atoms with Crippen molar-refractivity contribution in [2.24, 2.45) is 0 Å². The minimum Gasteiger partial charge on any atom is -0.441 e. The predicted octanol–water partition coefficient (Wildman–Crippen LogP) is 2.37. The molecule has 2 rings (SSSR count). The van der Waals surface area contributed by atoms with E-state index in [2.05, 4.69) is 4.98 Å². The fourth-order valence-electron chi connectivity index (χ4n) is 1.18. The van der Waals surface area contributed by atoms with Crippen molar-refractivity contribution in [3.8, 4) is 11.5 Å². The molecule has 0 aliphatic heterocycles. The van der Waals surface area contributed by atoms with Gasteiger partial charge >= 0.3 is 0 Å². The summed E-state index contributed by atoms with van der Waals surface area (Å²) in [4.78, 5) is 3.93. The second kappa shape index (κ2) is 3.14. The van der Waals surface area contributed by atoms with Crippen LogP contribution >= 0.6 is 0 Å². The molecule has 0 aliphatic carbocycles. The van der Waals surface area contributed by atoms with E-state index in [-0.39, 0.29) is 5.89 Å². The number of nitrogens with two attached hydrogens (primary N) is 1. The average molecular weight is 192 g/mol. The van der Waals surface area contributed by atoms with Gasteiger partial charge in [-0.05, 0) is 25.1 Å². The standard InChI is InChI=1S/C10H9FN2O/c1-6-5-13-10(14-6)8-3-2-7(12)4-9(8)11/h2-5H,12H2,1H3. The summed E-state index contributed by atoms with van der Waals surface area (Å²) in [5, 5.41) is 0. The molecule has 0 aliphatic rings. The minimum absolute atomic E-state index is 0.278. The quantitative estimate of drug-likeness (QED) is 0.705. The third-order valence-corrected chi connectivity index (χ3v) is 1.84. The maximum absolute atomic E-state index is 13.4. The molecule has 1 heterocycles. The summed E-state index contributed by atoms with van der Waals surface area (Å²) in [5.41, 5.74) is 6.13. The van der Waals surface area contributed by atoms with Crippen molar-refractivity contribution in [2.75, 3.05) is 5.73 Å². The SMILES string of the molecule is Cc1cnc(-c2ccc(N)cc2F)o1.